The Morgan fingerprint density at radius 1 is 1.36 bits per heavy atom. The van der Waals surface area contributed by atoms with Crippen molar-refractivity contribution in [2.75, 3.05) is 16.8 Å². The lowest BCUT2D eigenvalue weighted by Gasteiger charge is -2.27. The minimum Gasteiger partial charge on any atom is -0.447 e. The van der Waals surface area contributed by atoms with Crippen LogP contribution in [0, 0.1) is 5.82 Å². The summed E-state index contributed by atoms with van der Waals surface area (Å²) in [6.45, 7) is 4.33. The number of pyridine rings is 1. The van der Waals surface area contributed by atoms with Crippen LogP contribution in [-0.4, -0.2) is 33.2 Å². The van der Waals surface area contributed by atoms with Crippen molar-refractivity contribution in [3.63, 3.8) is 0 Å². The van der Waals surface area contributed by atoms with E-state index < -0.39 is 29.1 Å². The van der Waals surface area contributed by atoms with Crippen LogP contribution in [-0.2, 0) is 17.2 Å². The Hall–Kier alpha value is -2.62. The monoisotopic (exact) mass is 415 g/mol. The number of carbonyl (C=O) groups excluding carboxylic acids is 1. The molecule has 1 N–H and O–H groups in total. The molecule has 0 spiro atoms. The predicted octanol–water partition coefficient (Wildman–Crippen LogP) is 4.12. The number of carbonyl (C=O) groups is 1. The van der Waals surface area contributed by atoms with E-state index in [1.165, 1.54) is 12.3 Å². The first-order valence-corrected chi connectivity index (χ1v) is 8.63. The Kier molecular flexibility index (Phi) is 5.09. The summed E-state index contributed by atoms with van der Waals surface area (Å²) in [5, 5.41) is 2.65. The molecule has 1 fully saturated rings. The second-order valence-corrected chi connectivity index (χ2v) is 7.39. The molecule has 1 aliphatic rings. The number of rotatable bonds is 5. The number of nitrogens with zero attached hydrogens (tertiary/aromatic N) is 4. The van der Waals surface area contributed by atoms with Crippen LogP contribution in [0.4, 0.5) is 29.7 Å². The van der Waals surface area contributed by atoms with Crippen LogP contribution in [0.1, 0.15) is 32.0 Å². The zero-order chi connectivity index (χ0) is 20.7. The van der Waals surface area contributed by atoms with Gasteiger partial charge in [-0.15, -0.1) is 0 Å². The predicted molar refractivity (Wildman–Crippen MR) is 96.0 cm³/mol. The molecular weight excluding hydrogens is 399 g/mol. The molecule has 0 aromatic carbocycles. The maximum atomic E-state index is 14.2. The maximum absolute atomic E-state index is 14.2. The van der Waals surface area contributed by atoms with Crippen LogP contribution in [0.5, 0.6) is 0 Å². The summed E-state index contributed by atoms with van der Waals surface area (Å²) >= 11 is 5.87. The van der Waals surface area contributed by atoms with Crippen LogP contribution in [0.25, 0.3) is 0 Å². The van der Waals surface area contributed by atoms with Gasteiger partial charge in [-0.2, -0.15) is 13.8 Å². The van der Waals surface area contributed by atoms with E-state index in [1.807, 2.05) is 0 Å². The number of nitrogens with one attached hydrogen (secondary N) is 1. The van der Waals surface area contributed by atoms with Gasteiger partial charge in [-0.05, 0) is 25.5 Å². The van der Waals surface area contributed by atoms with Crippen LogP contribution in [0.3, 0.4) is 0 Å². The number of amides is 1. The Morgan fingerprint density at radius 3 is 2.64 bits per heavy atom. The summed E-state index contributed by atoms with van der Waals surface area (Å²) in [6.07, 6.45) is 1.47. The molecule has 0 aliphatic carbocycles. The van der Waals surface area contributed by atoms with E-state index in [0.717, 1.165) is 11.1 Å². The fourth-order valence-electron chi connectivity index (χ4n) is 2.67. The van der Waals surface area contributed by atoms with Crippen molar-refractivity contribution in [2.45, 2.75) is 38.8 Å². The first-order chi connectivity index (χ1) is 13.0. The number of hydrogen-bond donors (Lipinski definition) is 1. The smallest absolute Gasteiger partial charge is 0.416 e. The van der Waals surface area contributed by atoms with E-state index in [9.17, 15) is 18.0 Å². The molecule has 3 rings (SSSR count). The normalized spacial score (nSPS) is 16.2. The van der Waals surface area contributed by atoms with Crippen LogP contribution in [0.2, 0.25) is 5.02 Å². The number of halogens is 4. The van der Waals surface area contributed by atoms with Gasteiger partial charge in [0, 0.05) is 19.7 Å². The number of hydrogen-bond acceptors (Lipinski definition) is 6. The molecule has 28 heavy (non-hydrogen) atoms. The van der Waals surface area contributed by atoms with Gasteiger partial charge < -0.3 is 10.1 Å². The van der Waals surface area contributed by atoms with Gasteiger partial charge in [0.15, 0.2) is 11.6 Å². The van der Waals surface area contributed by atoms with Gasteiger partial charge >= 0.3 is 6.09 Å². The highest BCUT2D eigenvalue weighted by Gasteiger charge is 2.43. The first-order valence-electron chi connectivity index (χ1n) is 8.25. The Labute approximate surface area is 163 Å². The van der Waals surface area contributed by atoms with Gasteiger partial charge in [-0.3, -0.25) is 4.98 Å². The first kappa shape index (κ1) is 20.1. The lowest BCUT2D eigenvalue weighted by Crippen LogP contribution is -2.43. The summed E-state index contributed by atoms with van der Waals surface area (Å²) < 4.78 is 45.9. The molecule has 2 aromatic heterocycles. The van der Waals surface area contributed by atoms with Crippen LogP contribution in [0.15, 0.2) is 18.5 Å². The van der Waals surface area contributed by atoms with Gasteiger partial charge in [-0.25, -0.2) is 19.1 Å². The summed E-state index contributed by atoms with van der Waals surface area (Å²) in [4.78, 5) is 24.6. The van der Waals surface area contributed by atoms with Crippen LogP contribution >= 0.6 is 11.6 Å². The molecule has 1 amide bonds. The molecule has 1 aliphatic heterocycles. The largest absolute Gasteiger partial charge is 0.447 e. The van der Waals surface area contributed by atoms with Crippen molar-refractivity contribution in [2.24, 2.45) is 0 Å². The third-order valence-electron chi connectivity index (χ3n) is 4.04. The molecule has 0 saturated carbocycles. The van der Waals surface area contributed by atoms with Crippen molar-refractivity contribution in [1.29, 1.82) is 0 Å². The highest BCUT2D eigenvalue weighted by molar-refractivity contribution is 6.31. The number of anilines is 2. The van der Waals surface area contributed by atoms with Crippen molar-refractivity contribution in [3.05, 3.63) is 40.6 Å². The SMILES string of the molecule is CC(F)(F)c1ncc(CNc2ncc(F)c(N3C(=O)OCC3(C)C)n2)cc1Cl. The van der Waals surface area contributed by atoms with E-state index in [-0.39, 0.29) is 29.9 Å². The maximum Gasteiger partial charge on any atom is 0.416 e. The van der Waals surface area contributed by atoms with E-state index >= 15 is 0 Å². The van der Waals surface area contributed by atoms with E-state index in [1.54, 1.807) is 13.8 Å². The average Bonchev–Trinajstić information content (AvgIpc) is 2.86. The topological polar surface area (TPSA) is 80.2 Å². The van der Waals surface area contributed by atoms with E-state index in [0.29, 0.717) is 12.5 Å². The third-order valence-corrected chi connectivity index (χ3v) is 4.33. The third kappa shape index (κ3) is 3.96. The molecule has 11 heteroatoms. The van der Waals surface area contributed by atoms with Gasteiger partial charge in [0.05, 0.1) is 16.8 Å². The zero-order valence-corrected chi connectivity index (χ0v) is 16.0. The number of cyclic esters (lactones) is 1. The molecule has 0 radical (unpaired) electrons. The minimum absolute atomic E-state index is 0.0351. The quantitative estimate of drug-likeness (QED) is 0.791. The van der Waals surface area contributed by atoms with Crippen molar-refractivity contribution < 1.29 is 22.7 Å². The molecule has 3 heterocycles. The fourth-order valence-corrected chi connectivity index (χ4v) is 3.02. The van der Waals surface area contributed by atoms with Gasteiger partial charge in [0.1, 0.15) is 12.3 Å². The fraction of sp³-hybridized carbons (Fsp3) is 0.412. The Balaban J connectivity index is 1.79. The molecule has 150 valence electrons. The summed E-state index contributed by atoms with van der Waals surface area (Å²) in [6, 6.07) is 1.35. The molecule has 0 atom stereocenters. The summed E-state index contributed by atoms with van der Waals surface area (Å²) in [5.41, 5.74) is -0.802. The van der Waals surface area contributed by atoms with Gasteiger partial charge in [0.2, 0.25) is 5.95 Å². The Morgan fingerprint density at radius 2 is 2.07 bits per heavy atom. The molecule has 2 aromatic rings. The molecule has 7 nitrogen and oxygen atoms in total. The number of aromatic nitrogens is 3. The summed E-state index contributed by atoms with van der Waals surface area (Å²) in [7, 11) is 0. The van der Waals surface area contributed by atoms with Crippen molar-refractivity contribution in [3.8, 4) is 0 Å². The van der Waals surface area contributed by atoms with E-state index in [2.05, 4.69) is 20.3 Å². The van der Waals surface area contributed by atoms with Crippen LogP contribution < -0.4 is 10.2 Å². The molecule has 0 bridgehead atoms. The number of ether oxygens (including phenoxy) is 1. The molecule has 1 saturated heterocycles. The second-order valence-electron chi connectivity index (χ2n) is 6.98. The standard InChI is InChI=1S/C17H17ClF3N5O2/c1-16(2)8-28-15(27)26(16)13-11(19)7-24-14(25-13)23-6-9-4-10(18)12(22-5-9)17(3,20)21/h4-5,7H,6,8H2,1-3H3,(H,23,24,25). The number of alkyl halides is 2. The zero-order valence-electron chi connectivity index (χ0n) is 15.3. The van der Waals surface area contributed by atoms with Crippen molar-refractivity contribution >= 4 is 29.5 Å². The average molecular weight is 416 g/mol. The lowest BCUT2D eigenvalue weighted by atomic mass is 10.1. The second kappa shape index (κ2) is 7.08. The van der Waals surface area contributed by atoms with Gasteiger partial charge in [0.25, 0.3) is 5.92 Å². The Bertz CT molecular complexity index is 920. The van der Waals surface area contributed by atoms with E-state index in [4.69, 9.17) is 16.3 Å². The summed E-state index contributed by atoms with van der Waals surface area (Å²) in [5.74, 6) is -4.12. The highest BCUT2D eigenvalue weighted by atomic mass is 35.5. The molecular formula is C17H17ClF3N5O2. The molecule has 0 unspecified atom stereocenters. The lowest BCUT2D eigenvalue weighted by molar-refractivity contribution is 0.0129. The minimum atomic E-state index is -3.16. The highest BCUT2D eigenvalue weighted by Crippen LogP contribution is 2.32. The van der Waals surface area contributed by atoms with Crippen molar-refractivity contribution in [1.82, 2.24) is 15.0 Å². The van der Waals surface area contributed by atoms with Gasteiger partial charge in [-0.1, -0.05) is 11.6 Å².